The molecule has 0 unspecified atom stereocenters. The largest absolute Gasteiger partial charge is 0.462 e. The molecular formula is C23H32O7. The molecule has 2 saturated heterocycles. The molecule has 0 spiro atoms. The molecule has 0 amide bonds. The summed E-state index contributed by atoms with van der Waals surface area (Å²) in [7, 11) is 0. The smallest absolute Gasteiger partial charge is 0.311 e. The van der Waals surface area contributed by atoms with Crippen LogP contribution in [0.15, 0.2) is 30.3 Å². The van der Waals surface area contributed by atoms with E-state index in [1.54, 1.807) is 41.5 Å². The first-order valence-corrected chi connectivity index (χ1v) is 10.3. The summed E-state index contributed by atoms with van der Waals surface area (Å²) in [5.41, 5.74) is -0.266. The van der Waals surface area contributed by atoms with Gasteiger partial charge in [0.25, 0.3) is 0 Å². The van der Waals surface area contributed by atoms with E-state index in [1.807, 2.05) is 30.3 Å². The van der Waals surface area contributed by atoms with Gasteiger partial charge in [0.1, 0.15) is 24.9 Å². The molecule has 2 bridgehead atoms. The minimum absolute atomic E-state index is 0.0579. The predicted molar refractivity (Wildman–Crippen MR) is 108 cm³/mol. The molecule has 2 fully saturated rings. The normalized spacial score (nSPS) is 28.4. The van der Waals surface area contributed by atoms with Crippen molar-refractivity contribution in [1.29, 1.82) is 0 Å². The molecule has 1 aromatic carbocycles. The number of carbonyl (C=O) groups excluding carboxylic acids is 2. The summed E-state index contributed by atoms with van der Waals surface area (Å²) in [6, 6.07) is 9.73. The number of fused-ring (bicyclic) bond motifs is 2. The van der Waals surface area contributed by atoms with E-state index in [0.29, 0.717) is 6.61 Å². The maximum atomic E-state index is 12.5. The quantitative estimate of drug-likeness (QED) is 0.654. The van der Waals surface area contributed by atoms with E-state index in [4.69, 9.17) is 23.7 Å². The van der Waals surface area contributed by atoms with E-state index in [-0.39, 0.29) is 18.5 Å². The van der Waals surface area contributed by atoms with Crippen LogP contribution in [0.5, 0.6) is 0 Å². The fourth-order valence-electron chi connectivity index (χ4n) is 3.20. The number of hydrogen-bond acceptors (Lipinski definition) is 7. The van der Waals surface area contributed by atoms with Gasteiger partial charge in [0.15, 0.2) is 12.4 Å². The Bertz CT molecular complexity index is 747. The Morgan fingerprint density at radius 3 is 2.13 bits per heavy atom. The van der Waals surface area contributed by atoms with Crippen molar-refractivity contribution in [2.45, 2.75) is 78.9 Å². The van der Waals surface area contributed by atoms with Crippen LogP contribution in [-0.4, -0.2) is 49.3 Å². The third kappa shape index (κ3) is 5.20. The number of ether oxygens (including phenoxy) is 5. The Kier molecular flexibility index (Phi) is 6.55. The first kappa shape index (κ1) is 22.7. The van der Waals surface area contributed by atoms with Crippen LogP contribution in [0, 0.1) is 10.8 Å². The first-order chi connectivity index (χ1) is 14.0. The molecule has 7 nitrogen and oxygen atoms in total. The Morgan fingerprint density at radius 1 is 0.900 bits per heavy atom. The van der Waals surface area contributed by atoms with Crippen LogP contribution >= 0.6 is 0 Å². The minimum atomic E-state index is -0.750. The molecule has 166 valence electrons. The summed E-state index contributed by atoms with van der Waals surface area (Å²) in [5, 5.41) is 0. The lowest BCUT2D eigenvalue weighted by atomic mass is 9.96. The summed E-state index contributed by atoms with van der Waals surface area (Å²) in [5.74, 6) is -0.664. The maximum Gasteiger partial charge on any atom is 0.311 e. The second kappa shape index (κ2) is 8.65. The molecule has 0 radical (unpaired) electrons. The van der Waals surface area contributed by atoms with E-state index in [1.165, 1.54) is 0 Å². The molecule has 3 rings (SSSR count). The number of rotatable bonds is 6. The van der Waals surface area contributed by atoms with E-state index in [0.717, 1.165) is 5.56 Å². The van der Waals surface area contributed by atoms with Gasteiger partial charge in [0.2, 0.25) is 0 Å². The van der Waals surface area contributed by atoms with Gasteiger partial charge < -0.3 is 23.7 Å². The SMILES string of the molecule is CC(C)(C)C(=O)OC[C@H]1O[C@@H]2O[C@H]1[C@H](OCc1ccccc1)[C@H]2OC(=O)C(C)(C)C. The highest BCUT2D eigenvalue weighted by Gasteiger charge is 2.59. The van der Waals surface area contributed by atoms with Gasteiger partial charge in [0.05, 0.1) is 17.4 Å². The van der Waals surface area contributed by atoms with Crippen LogP contribution < -0.4 is 0 Å². The lowest BCUT2D eigenvalue weighted by Crippen LogP contribution is -2.51. The standard InChI is InChI=1S/C23H32O7/c1-22(2,3)20(24)27-13-15-16-17(26-12-14-10-8-7-9-11-14)18(19(28-15)29-16)30-21(25)23(4,5)6/h7-11,15-19H,12-13H2,1-6H3/t15-,16-,17+,18-,19-/m1/s1. The van der Waals surface area contributed by atoms with E-state index < -0.39 is 41.5 Å². The van der Waals surface area contributed by atoms with Gasteiger partial charge in [-0.1, -0.05) is 30.3 Å². The van der Waals surface area contributed by atoms with Crippen molar-refractivity contribution in [3.05, 3.63) is 35.9 Å². The third-order valence-electron chi connectivity index (χ3n) is 5.01. The van der Waals surface area contributed by atoms with Crippen LogP contribution in [0.3, 0.4) is 0 Å². The predicted octanol–water partition coefficient (Wildman–Crippen LogP) is 3.24. The van der Waals surface area contributed by atoms with Crippen molar-refractivity contribution < 1.29 is 33.3 Å². The molecule has 0 aliphatic carbocycles. The number of esters is 2. The van der Waals surface area contributed by atoms with Gasteiger partial charge in [-0.05, 0) is 47.1 Å². The van der Waals surface area contributed by atoms with E-state index in [2.05, 4.69) is 0 Å². The van der Waals surface area contributed by atoms with Crippen LogP contribution in [0.2, 0.25) is 0 Å². The summed E-state index contributed by atoms with van der Waals surface area (Å²) < 4.78 is 29.1. The molecule has 2 heterocycles. The number of benzene rings is 1. The third-order valence-corrected chi connectivity index (χ3v) is 5.01. The summed E-state index contributed by atoms with van der Waals surface area (Å²) in [6.07, 6.45) is -2.93. The lowest BCUT2D eigenvalue weighted by molar-refractivity contribution is -0.198. The van der Waals surface area contributed by atoms with Crippen molar-refractivity contribution in [2.75, 3.05) is 6.61 Å². The van der Waals surface area contributed by atoms with Crippen LogP contribution in [0.25, 0.3) is 0 Å². The van der Waals surface area contributed by atoms with Crippen molar-refractivity contribution in [3.63, 3.8) is 0 Å². The molecule has 30 heavy (non-hydrogen) atoms. The second-order valence-corrected chi connectivity index (χ2v) is 9.87. The Morgan fingerprint density at radius 2 is 1.53 bits per heavy atom. The highest BCUT2D eigenvalue weighted by Crippen LogP contribution is 2.39. The summed E-state index contributed by atoms with van der Waals surface area (Å²) >= 11 is 0. The maximum absolute atomic E-state index is 12.5. The molecular weight excluding hydrogens is 388 g/mol. The van der Waals surface area contributed by atoms with Crippen molar-refractivity contribution in [1.82, 2.24) is 0 Å². The molecule has 0 saturated carbocycles. The summed E-state index contributed by atoms with van der Waals surface area (Å²) in [4.78, 5) is 24.6. The average molecular weight is 421 g/mol. The van der Waals surface area contributed by atoms with Crippen molar-refractivity contribution in [2.24, 2.45) is 10.8 Å². The van der Waals surface area contributed by atoms with Gasteiger partial charge in [0, 0.05) is 0 Å². The highest BCUT2D eigenvalue weighted by molar-refractivity contribution is 5.76. The van der Waals surface area contributed by atoms with Gasteiger partial charge in [-0.15, -0.1) is 0 Å². The minimum Gasteiger partial charge on any atom is -0.462 e. The zero-order valence-corrected chi connectivity index (χ0v) is 18.5. The zero-order valence-electron chi connectivity index (χ0n) is 18.5. The fourth-order valence-corrected chi connectivity index (χ4v) is 3.20. The molecule has 0 N–H and O–H groups in total. The Labute approximate surface area is 178 Å². The Hall–Kier alpha value is -1.96. The summed E-state index contributed by atoms with van der Waals surface area (Å²) in [6.45, 7) is 11.2. The van der Waals surface area contributed by atoms with Crippen LogP contribution in [-0.2, 0) is 39.9 Å². The highest BCUT2D eigenvalue weighted by atomic mass is 16.8. The lowest BCUT2D eigenvalue weighted by Gasteiger charge is -2.33. The molecule has 5 atom stereocenters. The van der Waals surface area contributed by atoms with Gasteiger partial charge >= 0.3 is 11.9 Å². The van der Waals surface area contributed by atoms with Crippen LogP contribution in [0.4, 0.5) is 0 Å². The van der Waals surface area contributed by atoms with Crippen molar-refractivity contribution in [3.8, 4) is 0 Å². The fraction of sp³-hybridized carbons (Fsp3) is 0.652. The molecule has 2 aliphatic heterocycles. The van der Waals surface area contributed by atoms with Gasteiger partial charge in [-0.3, -0.25) is 9.59 Å². The number of carbonyl (C=O) groups is 2. The first-order valence-electron chi connectivity index (χ1n) is 10.3. The van der Waals surface area contributed by atoms with E-state index >= 15 is 0 Å². The monoisotopic (exact) mass is 420 g/mol. The van der Waals surface area contributed by atoms with Crippen molar-refractivity contribution >= 4 is 11.9 Å². The topological polar surface area (TPSA) is 80.3 Å². The molecule has 2 aliphatic rings. The molecule has 7 heteroatoms. The molecule has 0 aromatic heterocycles. The van der Waals surface area contributed by atoms with Gasteiger partial charge in [-0.25, -0.2) is 0 Å². The Balaban J connectivity index is 1.69. The number of hydrogen-bond donors (Lipinski definition) is 0. The molecule has 1 aromatic rings. The second-order valence-electron chi connectivity index (χ2n) is 9.87. The zero-order chi connectivity index (χ0) is 22.1. The van der Waals surface area contributed by atoms with Crippen LogP contribution in [0.1, 0.15) is 47.1 Å². The van der Waals surface area contributed by atoms with Gasteiger partial charge in [-0.2, -0.15) is 0 Å². The average Bonchev–Trinajstić information content (AvgIpc) is 3.22. The van der Waals surface area contributed by atoms with E-state index in [9.17, 15) is 9.59 Å².